The fraction of sp³-hybridized carbons (Fsp3) is 0.200. The molecule has 0 spiro atoms. The number of sulfonamides is 1. The summed E-state index contributed by atoms with van der Waals surface area (Å²) in [6.45, 7) is -0.0838. The lowest BCUT2D eigenvalue weighted by Crippen LogP contribution is -2.29. The minimum absolute atomic E-state index is 0.0838. The highest BCUT2D eigenvalue weighted by Gasteiger charge is 2.25. The van der Waals surface area contributed by atoms with Gasteiger partial charge in [-0.15, -0.1) is 0 Å². The zero-order valence-corrected chi connectivity index (χ0v) is 15.3. The van der Waals surface area contributed by atoms with Gasteiger partial charge in [0.2, 0.25) is 10.0 Å². The number of hydrogen-bond donors (Lipinski definition) is 1. The van der Waals surface area contributed by atoms with Gasteiger partial charge in [0.1, 0.15) is 4.90 Å². The molecule has 7 nitrogen and oxygen atoms in total. The van der Waals surface area contributed by atoms with Gasteiger partial charge in [-0.2, -0.15) is 0 Å². The monoisotopic (exact) mass is 404 g/mol. The molecular weight excluding hydrogens is 391 g/mol. The zero-order valence-electron chi connectivity index (χ0n) is 13.0. The Bertz CT molecular complexity index is 875. The van der Waals surface area contributed by atoms with Crippen molar-refractivity contribution in [2.75, 3.05) is 13.7 Å². The number of halogens is 2. The van der Waals surface area contributed by atoms with Gasteiger partial charge in [-0.3, -0.25) is 10.1 Å². The quantitative estimate of drug-likeness (QED) is 0.561. The van der Waals surface area contributed by atoms with E-state index in [0.29, 0.717) is 0 Å². The van der Waals surface area contributed by atoms with Crippen molar-refractivity contribution in [1.29, 1.82) is 0 Å². The molecule has 0 aliphatic rings. The van der Waals surface area contributed by atoms with E-state index in [0.717, 1.165) is 17.7 Å². The first-order valence-electron chi connectivity index (χ1n) is 6.97. The number of non-ortho nitro benzene ring substituents is 1. The average molecular weight is 405 g/mol. The third-order valence-corrected chi connectivity index (χ3v) is 5.76. The molecule has 134 valence electrons. The normalized spacial score (nSPS) is 12.8. The number of nitro benzene ring substituents is 1. The number of rotatable bonds is 7. The molecule has 0 radical (unpaired) electrons. The van der Waals surface area contributed by atoms with Gasteiger partial charge in [0.05, 0.1) is 21.1 Å². The molecule has 0 aliphatic heterocycles. The number of ether oxygens (including phenoxy) is 1. The van der Waals surface area contributed by atoms with E-state index in [1.165, 1.54) is 7.11 Å². The second-order valence-electron chi connectivity index (χ2n) is 4.98. The lowest BCUT2D eigenvalue weighted by molar-refractivity contribution is -0.385. The highest BCUT2D eigenvalue weighted by Crippen LogP contribution is 2.33. The number of nitro groups is 1. The van der Waals surface area contributed by atoms with E-state index < -0.39 is 31.6 Å². The van der Waals surface area contributed by atoms with E-state index in [1.807, 2.05) is 6.07 Å². The van der Waals surface area contributed by atoms with Crippen LogP contribution in [0.25, 0.3) is 0 Å². The van der Waals surface area contributed by atoms with Crippen molar-refractivity contribution in [3.8, 4) is 0 Å². The molecule has 0 fully saturated rings. The molecule has 0 bridgehead atoms. The largest absolute Gasteiger partial charge is 0.375 e. The molecule has 1 N–H and O–H groups in total. The summed E-state index contributed by atoms with van der Waals surface area (Å²) in [6.07, 6.45) is -0.538. The lowest BCUT2D eigenvalue weighted by Gasteiger charge is -2.17. The van der Waals surface area contributed by atoms with Gasteiger partial charge in [0, 0.05) is 25.8 Å². The first-order chi connectivity index (χ1) is 11.8. The third kappa shape index (κ3) is 4.68. The summed E-state index contributed by atoms with van der Waals surface area (Å²) in [6, 6.07) is 10.9. The molecule has 2 aromatic rings. The smallest absolute Gasteiger partial charge is 0.272 e. The molecule has 0 saturated heterocycles. The summed E-state index contributed by atoms with van der Waals surface area (Å²) in [5, 5.41) is 10.4. The highest BCUT2D eigenvalue weighted by atomic mass is 35.5. The Labute approximate surface area is 154 Å². The van der Waals surface area contributed by atoms with Crippen LogP contribution in [-0.4, -0.2) is 27.0 Å². The zero-order chi connectivity index (χ0) is 18.6. The van der Waals surface area contributed by atoms with Crippen molar-refractivity contribution in [2.24, 2.45) is 0 Å². The topological polar surface area (TPSA) is 98.5 Å². The van der Waals surface area contributed by atoms with Gasteiger partial charge < -0.3 is 4.74 Å². The van der Waals surface area contributed by atoms with E-state index in [1.54, 1.807) is 24.3 Å². The van der Waals surface area contributed by atoms with Gasteiger partial charge in [0.25, 0.3) is 5.69 Å². The number of benzene rings is 2. The lowest BCUT2D eigenvalue weighted by atomic mass is 10.1. The maximum atomic E-state index is 12.5. The maximum absolute atomic E-state index is 12.5. The van der Waals surface area contributed by atoms with Gasteiger partial charge in [0.15, 0.2) is 0 Å². The summed E-state index contributed by atoms with van der Waals surface area (Å²) in [5.41, 5.74) is 0.303. The molecule has 2 aromatic carbocycles. The molecule has 10 heteroatoms. The van der Waals surface area contributed by atoms with Crippen LogP contribution in [0.1, 0.15) is 11.7 Å². The first-order valence-corrected chi connectivity index (χ1v) is 9.21. The Balaban J connectivity index is 2.29. The second-order valence-corrected chi connectivity index (χ2v) is 7.50. The Morgan fingerprint density at radius 1 is 1.24 bits per heavy atom. The van der Waals surface area contributed by atoms with Crippen LogP contribution in [0.2, 0.25) is 10.0 Å². The molecule has 0 heterocycles. The van der Waals surface area contributed by atoms with E-state index in [2.05, 4.69) is 4.72 Å². The van der Waals surface area contributed by atoms with Crippen molar-refractivity contribution >= 4 is 38.9 Å². The maximum Gasteiger partial charge on any atom is 0.272 e. The standard InChI is InChI=1S/C15H14Cl2N2O5S/c1-24-13(10-5-3-2-4-6-10)9-18-25(22,23)14-8-11(19(20)21)7-12(16)15(14)17/h2-8,13,18H,9H2,1H3. The fourth-order valence-corrected chi connectivity index (χ4v) is 3.95. The van der Waals surface area contributed by atoms with E-state index in [-0.39, 0.29) is 16.6 Å². The van der Waals surface area contributed by atoms with Gasteiger partial charge in [-0.1, -0.05) is 53.5 Å². The van der Waals surface area contributed by atoms with Crippen molar-refractivity contribution in [1.82, 2.24) is 4.72 Å². The van der Waals surface area contributed by atoms with Crippen molar-refractivity contribution in [3.63, 3.8) is 0 Å². The van der Waals surface area contributed by atoms with Crippen LogP contribution in [0.4, 0.5) is 5.69 Å². The number of methoxy groups -OCH3 is 1. The number of nitrogens with one attached hydrogen (secondary N) is 1. The molecule has 1 unspecified atom stereocenters. The molecule has 0 aliphatic carbocycles. The van der Waals surface area contributed by atoms with Gasteiger partial charge >= 0.3 is 0 Å². The minimum Gasteiger partial charge on any atom is -0.375 e. The summed E-state index contributed by atoms with van der Waals surface area (Å²) < 4.78 is 32.6. The Kier molecular flexibility index (Phi) is 6.36. The average Bonchev–Trinajstić information content (AvgIpc) is 2.58. The molecule has 0 saturated carbocycles. The Morgan fingerprint density at radius 2 is 1.88 bits per heavy atom. The van der Waals surface area contributed by atoms with Crippen LogP contribution in [0, 0.1) is 10.1 Å². The van der Waals surface area contributed by atoms with Crippen LogP contribution < -0.4 is 4.72 Å². The first kappa shape index (κ1) is 19.6. The van der Waals surface area contributed by atoms with Gasteiger partial charge in [-0.25, -0.2) is 13.1 Å². The molecule has 0 aromatic heterocycles. The van der Waals surface area contributed by atoms with E-state index >= 15 is 0 Å². The molecule has 0 amide bonds. The molecule has 2 rings (SSSR count). The van der Waals surface area contributed by atoms with Crippen molar-refractivity contribution in [3.05, 3.63) is 68.2 Å². The van der Waals surface area contributed by atoms with Crippen molar-refractivity contribution in [2.45, 2.75) is 11.0 Å². The predicted molar refractivity (Wildman–Crippen MR) is 94.5 cm³/mol. The molecule has 1 atom stereocenters. The van der Waals surface area contributed by atoms with Crippen LogP contribution >= 0.6 is 23.2 Å². The number of nitrogens with zero attached hydrogens (tertiary/aromatic N) is 1. The fourth-order valence-electron chi connectivity index (χ4n) is 2.12. The highest BCUT2D eigenvalue weighted by molar-refractivity contribution is 7.89. The summed E-state index contributed by atoms with van der Waals surface area (Å²) in [5.74, 6) is 0. The molecule has 25 heavy (non-hydrogen) atoms. The van der Waals surface area contributed by atoms with Crippen LogP contribution in [-0.2, 0) is 14.8 Å². The van der Waals surface area contributed by atoms with Crippen LogP contribution in [0.3, 0.4) is 0 Å². The SMILES string of the molecule is COC(CNS(=O)(=O)c1cc([N+](=O)[O-])cc(Cl)c1Cl)c1ccccc1. The number of hydrogen-bond acceptors (Lipinski definition) is 5. The summed E-state index contributed by atoms with van der Waals surface area (Å²) in [7, 11) is -2.69. The van der Waals surface area contributed by atoms with Gasteiger partial charge in [-0.05, 0) is 5.56 Å². The van der Waals surface area contributed by atoms with Crippen LogP contribution in [0.15, 0.2) is 47.4 Å². The van der Waals surface area contributed by atoms with E-state index in [4.69, 9.17) is 27.9 Å². The Morgan fingerprint density at radius 3 is 2.44 bits per heavy atom. The second kappa shape index (κ2) is 8.11. The van der Waals surface area contributed by atoms with Crippen molar-refractivity contribution < 1.29 is 18.1 Å². The van der Waals surface area contributed by atoms with Crippen LogP contribution in [0.5, 0.6) is 0 Å². The molecular formula is C15H14Cl2N2O5S. The van der Waals surface area contributed by atoms with E-state index in [9.17, 15) is 18.5 Å². The Hall–Kier alpha value is -1.71. The third-order valence-electron chi connectivity index (χ3n) is 3.39. The summed E-state index contributed by atoms with van der Waals surface area (Å²) in [4.78, 5) is 9.70. The predicted octanol–water partition coefficient (Wildman–Crippen LogP) is 3.57. The summed E-state index contributed by atoms with van der Waals surface area (Å²) >= 11 is 11.7. The minimum atomic E-state index is -4.13.